The Bertz CT molecular complexity index is 334. The quantitative estimate of drug-likeness (QED) is 0.156. The van der Waals surface area contributed by atoms with Crippen molar-refractivity contribution in [1.29, 1.82) is 0 Å². The normalized spacial score (nSPS) is 19.0. The van der Waals surface area contributed by atoms with Gasteiger partial charge in [0.1, 0.15) is 0 Å². The molecule has 2 atom stereocenters. The van der Waals surface area contributed by atoms with Crippen LogP contribution >= 0.6 is 0 Å². The Hall–Kier alpha value is -0.120. The van der Waals surface area contributed by atoms with Crippen LogP contribution in [0.1, 0.15) is 122 Å². The van der Waals surface area contributed by atoms with Crippen molar-refractivity contribution in [2.24, 2.45) is 5.92 Å². The maximum Gasteiger partial charge on any atom is 0.0813 e. The van der Waals surface area contributed by atoms with Gasteiger partial charge in [0.05, 0.1) is 25.9 Å². The van der Waals surface area contributed by atoms with Crippen molar-refractivity contribution in [2.45, 2.75) is 129 Å². The third-order valence-electron chi connectivity index (χ3n) is 6.25. The lowest BCUT2D eigenvalue weighted by molar-refractivity contribution is 0.0141. The molecule has 3 nitrogen and oxygen atoms in total. The molecule has 1 heterocycles. The second-order valence-electron chi connectivity index (χ2n) is 9.36. The number of ether oxygens (including phenoxy) is 3. The van der Waals surface area contributed by atoms with E-state index >= 15 is 0 Å². The number of unbranched alkanes of at least 4 members (excludes halogenated alkanes) is 15. The van der Waals surface area contributed by atoms with E-state index in [1.165, 1.54) is 96.3 Å². The maximum absolute atomic E-state index is 5.91. The van der Waals surface area contributed by atoms with E-state index in [1.54, 1.807) is 0 Å². The van der Waals surface area contributed by atoms with Crippen LogP contribution in [0.25, 0.3) is 0 Å². The molecule has 1 aliphatic heterocycles. The van der Waals surface area contributed by atoms with E-state index in [9.17, 15) is 0 Å². The van der Waals surface area contributed by atoms with Gasteiger partial charge in [0.15, 0.2) is 0 Å². The third-order valence-corrected chi connectivity index (χ3v) is 6.25. The average Bonchev–Trinajstić information content (AvgIpc) is 3.21. The van der Waals surface area contributed by atoms with Gasteiger partial charge in [-0.2, -0.15) is 0 Å². The zero-order chi connectivity index (χ0) is 21.5. The molecule has 0 bridgehead atoms. The summed E-state index contributed by atoms with van der Waals surface area (Å²) in [5.74, 6) is 0.563. The maximum atomic E-state index is 5.91. The van der Waals surface area contributed by atoms with Crippen molar-refractivity contribution < 1.29 is 14.2 Å². The highest BCUT2D eigenvalue weighted by atomic mass is 16.5. The zero-order valence-electron chi connectivity index (χ0n) is 20.4. The second-order valence-corrected chi connectivity index (χ2v) is 9.36. The van der Waals surface area contributed by atoms with Crippen LogP contribution in [-0.4, -0.2) is 39.1 Å². The fourth-order valence-corrected chi connectivity index (χ4v) is 4.26. The summed E-state index contributed by atoms with van der Waals surface area (Å²) in [4.78, 5) is 0. The molecule has 1 rings (SSSR count). The molecule has 1 saturated heterocycles. The molecule has 0 aromatic carbocycles. The summed E-state index contributed by atoms with van der Waals surface area (Å²) in [6.45, 7) is 10.4. The molecule has 1 fully saturated rings. The van der Waals surface area contributed by atoms with Crippen LogP contribution in [0.4, 0.5) is 0 Å². The van der Waals surface area contributed by atoms with Gasteiger partial charge in [0.2, 0.25) is 0 Å². The molecule has 0 N–H and O–H groups in total. The van der Waals surface area contributed by atoms with Gasteiger partial charge in [0, 0.05) is 19.1 Å². The molecular weight excluding hydrogens is 372 g/mol. The van der Waals surface area contributed by atoms with Crippen molar-refractivity contribution in [1.82, 2.24) is 0 Å². The number of hydrogen-bond donors (Lipinski definition) is 0. The summed E-state index contributed by atoms with van der Waals surface area (Å²) in [6.07, 6.45) is 24.1. The minimum absolute atomic E-state index is 0.282. The van der Waals surface area contributed by atoms with E-state index in [0.717, 1.165) is 52.3 Å². The first-order valence-corrected chi connectivity index (χ1v) is 13.4. The fourth-order valence-electron chi connectivity index (χ4n) is 4.26. The van der Waals surface area contributed by atoms with Gasteiger partial charge in [-0.3, -0.25) is 0 Å². The SMILES string of the molecule is [CH2]CCCCCCOCC1CC(COCCCCCCCCCCCCCC)CO1. The highest BCUT2D eigenvalue weighted by Crippen LogP contribution is 2.20. The van der Waals surface area contributed by atoms with Crippen molar-refractivity contribution >= 4 is 0 Å². The molecule has 0 amide bonds. The van der Waals surface area contributed by atoms with Crippen LogP contribution in [-0.2, 0) is 14.2 Å². The second kappa shape index (κ2) is 22.1. The summed E-state index contributed by atoms with van der Waals surface area (Å²) in [5.41, 5.74) is 0. The topological polar surface area (TPSA) is 27.7 Å². The van der Waals surface area contributed by atoms with Crippen LogP contribution in [0.15, 0.2) is 0 Å². The van der Waals surface area contributed by atoms with E-state index in [2.05, 4.69) is 13.8 Å². The van der Waals surface area contributed by atoms with E-state index in [4.69, 9.17) is 14.2 Å². The lowest BCUT2D eigenvalue weighted by Gasteiger charge is -2.11. The molecule has 0 saturated carbocycles. The molecule has 0 aromatic heterocycles. The molecule has 3 heteroatoms. The molecule has 1 radical (unpaired) electrons. The highest BCUT2D eigenvalue weighted by molar-refractivity contribution is 4.73. The Morgan fingerprint density at radius 2 is 1.17 bits per heavy atom. The van der Waals surface area contributed by atoms with Crippen molar-refractivity contribution in [3.8, 4) is 0 Å². The predicted molar refractivity (Wildman–Crippen MR) is 129 cm³/mol. The molecule has 179 valence electrons. The lowest BCUT2D eigenvalue weighted by atomic mass is 10.1. The standard InChI is InChI=1S/C27H53O3/c1-3-5-7-9-10-11-12-13-14-15-17-19-20-28-23-26-22-27(30-24-26)25-29-21-18-16-8-6-4-2/h26-27H,2-25H2,1H3. The summed E-state index contributed by atoms with van der Waals surface area (Å²) in [7, 11) is 0. The van der Waals surface area contributed by atoms with Crippen molar-refractivity contribution in [3.05, 3.63) is 6.92 Å². The lowest BCUT2D eigenvalue weighted by Crippen LogP contribution is -2.15. The summed E-state index contributed by atoms with van der Waals surface area (Å²) in [6, 6.07) is 0. The molecule has 0 aliphatic carbocycles. The van der Waals surface area contributed by atoms with Gasteiger partial charge >= 0.3 is 0 Å². The van der Waals surface area contributed by atoms with Crippen LogP contribution < -0.4 is 0 Å². The summed E-state index contributed by atoms with van der Waals surface area (Å²) >= 11 is 0. The van der Waals surface area contributed by atoms with Crippen LogP contribution in [0.2, 0.25) is 0 Å². The Labute approximate surface area is 189 Å². The molecular formula is C27H53O3. The highest BCUT2D eigenvalue weighted by Gasteiger charge is 2.25. The van der Waals surface area contributed by atoms with Gasteiger partial charge < -0.3 is 14.2 Å². The first kappa shape index (κ1) is 27.9. The number of hydrogen-bond acceptors (Lipinski definition) is 3. The Balaban J connectivity index is 1.76. The van der Waals surface area contributed by atoms with Gasteiger partial charge in [-0.15, -0.1) is 0 Å². The smallest absolute Gasteiger partial charge is 0.0813 e. The summed E-state index contributed by atoms with van der Waals surface area (Å²) < 4.78 is 17.6. The first-order valence-electron chi connectivity index (χ1n) is 13.4. The minimum Gasteiger partial charge on any atom is -0.381 e. The third kappa shape index (κ3) is 17.5. The molecule has 0 aromatic rings. The van der Waals surface area contributed by atoms with Gasteiger partial charge in [-0.05, 0) is 19.3 Å². The molecule has 1 aliphatic rings. The molecule has 2 unspecified atom stereocenters. The van der Waals surface area contributed by atoms with Gasteiger partial charge in [-0.25, -0.2) is 0 Å². The molecule has 0 spiro atoms. The minimum atomic E-state index is 0.282. The van der Waals surface area contributed by atoms with E-state index in [1.807, 2.05) is 0 Å². The first-order chi connectivity index (χ1) is 14.9. The Kier molecular flexibility index (Phi) is 20.6. The Morgan fingerprint density at radius 1 is 0.667 bits per heavy atom. The van der Waals surface area contributed by atoms with Gasteiger partial charge in [-0.1, -0.05) is 110 Å². The van der Waals surface area contributed by atoms with Crippen LogP contribution in [0, 0.1) is 12.8 Å². The predicted octanol–water partition coefficient (Wildman–Crippen LogP) is 7.91. The van der Waals surface area contributed by atoms with Crippen LogP contribution in [0.5, 0.6) is 0 Å². The van der Waals surface area contributed by atoms with Crippen LogP contribution in [0.3, 0.4) is 0 Å². The van der Waals surface area contributed by atoms with Crippen molar-refractivity contribution in [3.63, 3.8) is 0 Å². The largest absolute Gasteiger partial charge is 0.381 e. The van der Waals surface area contributed by atoms with E-state index in [0.29, 0.717) is 5.92 Å². The summed E-state index contributed by atoms with van der Waals surface area (Å²) in [5, 5.41) is 0. The Morgan fingerprint density at radius 3 is 1.73 bits per heavy atom. The van der Waals surface area contributed by atoms with Crippen molar-refractivity contribution in [2.75, 3.05) is 33.0 Å². The number of rotatable bonds is 23. The molecule has 30 heavy (non-hydrogen) atoms. The van der Waals surface area contributed by atoms with Gasteiger partial charge in [0.25, 0.3) is 0 Å². The van der Waals surface area contributed by atoms with E-state index in [-0.39, 0.29) is 6.10 Å². The average molecular weight is 426 g/mol. The van der Waals surface area contributed by atoms with E-state index < -0.39 is 0 Å². The monoisotopic (exact) mass is 425 g/mol. The zero-order valence-corrected chi connectivity index (χ0v) is 20.4. The fraction of sp³-hybridized carbons (Fsp3) is 0.963.